The van der Waals surface area contributed by atoms with Gasteiger partial charge in [0.2, 0.25) is 0 Å². The van der Waals surface area contributed by atoms with Crippen LogP contribution in [0.3, 0.4) is 0 Å². The lowest BCUT2D eigenvalue weighted by atomic mass is 10.1. The van der Waals surface area contributed by atoms with E-state index in [-0.39, 0.29) is 12.2 Å². The molecule has 0 unspecified atom stereocenters. The van der Waals surface area contributed by atoms with Crippen molar-refractivity contribution in [3.63, 3.8) is 0 Å². The van der Waals surface area contributed by atoms with Crippen LogP contribution in [0.5, 0.6) is 0 Å². The minimum absolute atomic E-state index is 0.0427. The molecule has 0 atom stereocenters. The molecule has 0 saturated carbocycles. The number of hydrogen-bond donors (Lipinski definition) is 1. The Hall–Kier alpha value is -3.03. The smallest absolute Gasteiger partial charge is 0.350 e. The number of fused-ring (bicyclic) bond motifs is 1. The zero-order valence-corrected chi connectivity index (χ0v) is 10.6. The number of halogens is 1. The molecule has 0 radical (unpaired) electrons. The van der Waals surface area contributed by atoms with Crippen LogP contribution >= 0.6 is 0 Å². The van der Waals surface area contributed by atoms with Gasteiger partial charge in [-0.2, -0.15) is 0 Å². The van der Waals surface area contributed by atoms with E-state index in [2.05, 4.69) is 10.1 Å². The highest BCUT2D eigenvalue weighted by Crippen LogP contribution is 2.11. The van der Waals surface area contributed by atoms with Crippen molar-refractivity contribution in [2.45, 2.75) is 6.54 Å². The lowest BCUT2D eigenvalue weighted by Gasteiger charge is -2.03. The van der Waals surface area contributed by atoms with Crippen LogP contribution in [-0.4, -0.2) is 30.2 Å². The number of rotatable bonds is 3. The van der Waals surface area contributed by atoms with Gasteiger partial charge in [0.15, 0.2) is 5.65 Å². The molecule has 3 aromatic rings. The Morgan fingerprint density at radius 3 is 2.90 bits per heavy atom. The van der Waals surface area contributed by atoms with Crippen molar-refractivity contribution >= 4 is 11.6 Å². The topological polar surface area (TPSA) is 89.5 Å². The Morgan fingerprint density at radius 1 is 1.38 bits per heavy atom. The van der Waals surface area contributed by atoms with E-state index in [1.165, 1.54) is 35.1 Å². The average molecular weight is 288 g/mol. The average Bonchev–Trinajstić information content (AvgIpc) is 2.78. The molecule has 0 bridgehead atoms. The maximum absolute atomic E-state index is 13.3. The second kappa shape index (κ2) is 4.82. The molecule has 1 aromatic carbocycles. The van der Waals surface area contributed by atoms with Gasteiger partial charge < -0.3 is 5.11 Å². The number of nitrogens with zero attached hydrogens (tertiary/aromatic N) is 4. The van der Waals surface area contributed by atoms with Crippen molar-refractivity contribution < 1.29 is 14.3 Å². The van der Waals surface area contributed by atoms with Crippen molar-refractivity contribution in [2.75, 3.05) is 0 Å². The van der Waals surface area contributed by atoms with E-state index in [4.69, 9.17) is 5.11 Å². The van der Waals surface area contributed by atoms with Gasteiger partial charge in [-0.15, -0.1) is 5.10 Å². The second-order valence-electron chi connectivity index (χ2n) is 4.36. The predicted octanol–water partition coefficient (Wildman–Crippen LogP) is 0.777. The highest BCUT2D eigenvalue weighted by Gasteiger charge is 2.12. The van der Waals surface area contributed by atoms with E-state index in [1.54, 1.807) is 0 Å². The maximum atomic E-state index is 13.3. The number of carboxylic acid groups (broad SMARTS) is 1. The van der Waals surface area contributed by atoms with Crippen LogP contribution in [0.15, 0.2) is 41.6 Å². The summed E-state index contributed by atoms with van der Waals surface area (Å²) in [5.41, 5.74) is 0.0231. The molecule has 3 rings (SSSR count). The van der Waals surface area contributed by atoms with E-state index in [0.29, 0.717) is 11.2 Å². The van der Waals surface area contributed by atoms with Crippen LogP contribution in [0.1, 0.15) is 15.9 Å². The first-order valence-electron chi connectivity index (χ1n) is 5.97. The molecule has 0 aliphatic heterocycles. The van der Waals surface area contributed by atoms with E-state index in [9.17, 15) is 14.0 Å². The summed E-state index contributed by atoms with van der Waals surface area (Å²) in [4.78, 5) is 26.8. The number of aromatic nitrogens is 4. The van der Waals surface area contributed by atoms with E-state index in [1.807, 2.05) is 0 Å². The van der Waals surface area contributed by atoms with Gasteiger partial charge in [0.05, 0.1) is 18.3 Å². The molecule has 0 aliphatic carbocycles. The van der Waals surface area contributed by atoms with Gasteiger partial charge in [0.1, 0.15) is 5.82 Å². The molecule has 1 N–H and O–H groups in total. The molecule has 0 saturated heterocycles. The summed E-state index contributed by atoms with van der Waals surface area (Å²) in [7, 11) is 0. The highest BCUT2D eigenvalue weighted by atomic mass is 19.1. The molecule has 0 amide bonds. The zero-order chi connectivity index (χ0) is 15.0. The number of hydrogen-bond acceptors (Lipinski definition) is 4. The minimum Gasteiger partial charge on any atom is -0.478 e. The van der Waals surface area contributed by atoms with Crippen molar-refractivity contribution in [3.8, 4) is 0 Å². The summed E-state index contributed by atoms with van der Waals surface area (Å²) in [5, 5.41) is 13.0. The van der Waals surface area contributed by atoms with E-state index < -0.39 is 17.3 Å². The standard InChI is InChI=1S/C13H9FN4O3/c14-10-2-1-8(5-9(10)12(19)20)7-18-13(21)17-4-3-15-6-11(17)16-18/h1-6H,7H2,(H,19,20). The van der Waals surface area contributed by atoms with Gasteiger partial charge in [-0.1, -0.05) is 6.07 Å². The van der Waals surface area contributed by atoms with E-state index in [0.717, 1.165) is 10.7 Å². The summed E-state index contributed by atoms with van der Waals surface area (Å²) >= 11 is 0. The minimum atomic E-state index is -1.36. The van der Waals surface area contributed by atoms with Gasteiger partial charge in [0, 0.05) is 12.4 Å². The molecule has 106 valence electrons. The third-order valence-electron chi connectivity index (χ3n) is 2.98. The Kier molecular flexibility index (Phi) is 2.98. The summed E-state index contributed by atoms with van der Waals surface area (Å²) in [6, 6.07) is 3.66. The van der Waals surface area contributed by atoms with Crippen LogP contribution in [0.4, 0.5) is 4.39 Å². The lowest BCUT2D eigenvalue weighted by Crippen LogP contribution is -2.21. The molecule has 2 aromatic heterocycles. The Morgan fingerprint density at radius 2 is 2.19 bits per heavy atom. The van der Waals surface area contributed by atoms with Crippen molar-refractivity contribution in [2.24, 2.45) is 0 Å². The van der Waals surface area contributed by atoms with Crippen LogP contribution in [0, 0.1) is 5.82 Å². The summed E-state index contributed by atoms with van der Waals surface area (Å²) < 4.78 is 15.8. The molecule has 0 spiro atoms. The highest BCUT2D eigenvalue weighted by molar-refractivity contribution is 5.88. The summed E-state index contributed by atoms with van der Waals surface area (Å²) in [6.07, 6.45) is 4.38. The first kappa shape index (κ1) is 13.0. The van der Waals surface area contributed by atoms with Crippen LogP contribution in [-0.2, 0) is 6.54 Å². The van der Waals surface area contributed by atoms with Crippen LogP contribution in [0.2, 0.25) is 0 Å². The fourth-order valence-electron chi connectivity index (χ4n) is 1.99. The fraction of sp³-hybridized carbons (Fsp3) is 0.0769. The molecular formula is C13H9FN4O3. The first-order valence-corrected chi connectivity index (χ1v) is 5.97. The number of benzene rings is 1. The maximum Gasteiger partial charge on any atom is 0.350 e. The third kappa shape index (κ3) is 2.27. The SMILES string of the molecule is O=C(O)c1cc(Cn2nc3cnccn3c2=O)ccc1F. The largest absolute Gasteiger partial charge is 0.478 e. The first-order chi connectivity index (χ1) is 10.1. The fourth-order valence-corrected chi connectivity index (χ4v) is 1.99. The molecule has 8 heteroatoms. The van der Waals surface area contributed by atoms with Gasteiger partial charge in [-0.3, -0.25) is 4.98 Å². The molecular weight excluding hydrogens is 279 g/mol. The zero-order valence-electron chi connectivity index (χ0n) is 10.6. The quantitative estimate of drug-likeness (QED) is 0.769. The molecule has 2 heterocycles. The predicted molar refractivity (Wildman–Crippen MR) is 69.7 cm³/mol. The van der Waals surface area contributed by atoms with Crippen LogP contribution < -0.4 is 5.69 Å². The van der Waals surface area contributed by atoms with Gasteiger partial charge in [-0.25, -0.2) is 23.1 Å². The van der Waals surface area contributed by atoms with Crippen LogP contribution in [0.25, 0.3) is 5.65 Å². The van der Waals surface area contributed by atoms with Gasteiger partial charge in [0.25, 0.3) is 0 Å². The number of carbonyl (C=O) groups is 1. The Labute approximate surface area is 116 Å². The molecule has 7 nitrogen and oxygen atoms in total. The summed E-state index contributed by atoms with van der Waals surface area (Å²) in [6.45, 7) is 0.0427. The Bertz CT molecular complexity index is 900. The lowest BCUT2D eigenvalue weighted by molar-refractivity contribution is 0.0691. The number of carboxylic acids is 1. The monoisotopic (exact) mass is 288 g/mol. The normalized spacial score (nSPS) is 10.9. The van der Waals surface area contributed by atoms with Gasteiger partial charge >= 0.3 is 11.7 Å². The molecule has 0 fully saturated rings. The van der Waals surface area contributed by atoms with Crippen molar-refractivity contribution in [1.82, 2.24) is 19.2 Å². The van der Waals surface area contributed by atoms with Crippen molar-refractivity contribution in [3.05, 3.63) is 64.2 Å². The Balaban J connectivity index is 2.03. The van der Waals surface area contributed by atoms with Crippen molar-refractivity contribution in [1.29, 1.82) is 0 Å². The second-order valence-corrected chi connectivity index (χ2v) is 4.36. The molecule has 0 aliphatic rings. The number of aromatic carboxylic acids is 1. The van der Waals surface area contributed by atoms with Gasteiger partial charge in [-0.05, 0) is 17.7 Å². The third-order valence-corrected chi connectivity index (χ3v) is 2.98. The summed E-state index contributed by atoms with van der Waals surface area (Å²) in [5.74, 6) is -2.18. The molecule has 21 heavy (non-hydrogen) atoms. The van der Waals surface area contributed by atoms with E-state index >= 15 is 0 Å².